The molecule has 21 heavy (non-hydrogen) atoms. The maximum atomic E-state index is 12.3. The molecule has 2 N–H and O–H groups in total. The molecule has 1 aliphatic rings. The van der Waals surface area contributed by atoms with Gasteiger partial charge in [0.05, 0.1) is 21.7 Å². The van der Waals surface area contributed by atoms with Crippen molar-refractivity contribution >= 4 is 52.4 Å². The summed E-state index contributed by atoms with van der Waals surface area (Å²) in [5.74, 6) is -4.94. The summed E-state index contributed by atoms with van der Waals surface area (Å²) in [6.45, 7) is 0.0122. The second kappa shape index (κ2) is 6.21. The Bertz CT molecular complexity index is 602. The van der Waals surface area contributed by atoms with Crippen LogP contribution in [0.4, 0.5) is 0 Å². The van der Waals surface area contributed by atoms with Gasteiger partial charge in [0.15, 0.2) is 0 Å². The number of likely N-dealkylation sites (tertiary alicyclic amines) is 1. The van der Waals surface area contributed by atoms with Crippen LogP contribution in [0.15, 0.2) is 6.07 Å². The Morgan fingerprint density at radius 2 is 1.81 bits per heavy atom. The predicted octanol–water partition coefficient (Wildman–Crippen LogP) is 2.30. The molecule has 1 aromatic rings. The number of carboxylic acids is 2. The highest BCUT2D eigenvalue weighted by Gasteiger charge is 2.40. The van der Waals surface area contributed by atoms with Gasteiger partial charge in [-0.1, -0.05) is 23.2 Å². The highest BCUT2D eigenvalue weighted by atomic mass is 35.5. The van der Waals surface area contributed by atoms with Crippen molar-refractivity contribution in [3.8, 4) is 0 Å². The molecule has 0 saturated carbocycles. The Balaban J connectivity index is 2.19. The summed E-state index contributed by atoms with van der Waals surface area (Å²) in [5, 5.41) is 18.2. The van der Waals surface area contributed by atoms with Crippen molar-refractivity contribution in [3.63, 3.8) is 0 Å². The molecule has 1 amide bonds. The van der Waals surface area contributed by atoms with Gasteiger partial charge in [-0.3, -0.25) is 14.4 Å². The maximum absolute atomic E-state index is 12.3. The van der Waals surface area contributed by atoms with Gasteiger partial charge in [-0.25, -0.2) is 0 Å². The molecule has 1 fully saturated rings. The van der Waals surface area contributed by atoms with E-state index in [9.17, 15) is 14.4 Å². The number of amides is 1. The van der Waals surface area contributed by atoms with Crippen molar-refractivity contribution in [2.75, 3.05) is 13.1 Å². The van der Waals surface area contributed by atoms with Crippen molar-refractivity contribution < 1.29 is 24.6 Å². The van der Waals surface area contributed by atoms with E-state index in [1.54, 1.807) is 0 Å². The summed E-state index contributed by atoms with van der Waals surface area (Å²) in [5.41, 5.74) is 0.213. The van der Waals surface area contributed by atoms with E-state index >= 15 is 0 Å². The standard InChI is InChI=1S/C12H11Cl2NO5S/c13-8-3-6(9(14)21-8)10(16)15-2-1-5(11(17)18)7(4-15)12(19)20/h3,5,7H,1-2,4H2,(H,17,18)(H,19,20). The largest absolute Gasteiger partial charge is 0.481 e. The molecule has 2 rings (SSSR count). The van der Waals surface area contributed by atoms with Crippen LogP contribution in [-0.4, -0.2) is 46.0 Å². The molecule has 1 aliphatic heterocycles. The first-order valence-electron chi connectivity index (χ1n) is 6.01. The van der Waals surface area contributed by atoms with E-state index in [-0.39, 0.29) is 29.4 Å². The average Bonchev–Trinajstić information content (AvgIpc) is 2.76. The number of nitrogens with zero attached hydrogens (tertiary/aromatic N) is 1. The molecule has 0 spiro atoms. The first-order valence-corrected chi connectivity index (χ1v) is 7.58. The summed E-state index contributed by atoms with van der Waals surface area (Å²) < 4.78 is 0.593. The van der Waals surface area contributed by atoms with E-state index in [1.165, 1.54) is 11.0 Å². The topological polar surface area (TPSA) is 94.9 Å². The van der Waals surface area contributed by atoms with Crippen LogP contribution in [0.3, 0.4) is 0 Å². The van der Waals surface area contributed by atoms with Crippen LogP contribution in [0.2, 0.25) is 8.67 Å². The number of hydrogen-bond donors (Lipinski definition) is 2. The van der Waals surface area contributed by atoms with Gasteiger partial charge in [0.25, 0.3) is 5.91 Å². The minimum Gasteiger partial charge on any atom is -0.481 e. The Hall–Kier alpha value is -1.31. The molecular weight excluding hydrogens is 341 g/mol. The zero-order chi connectivity index (χ0) is 15.7. The van der Waals surface area contributed by atoms with Gasteiger partial charge in [0, 0.05) is 13.1 Å². The van der Waals surface area contributed by atoms with Crippen LogP contribution in [0.25, 0.3) is 0 Å². The summed E-state index contributed by atoms with van der Waals surface area (Å²) in [4.78, 5) is 35.9. The third kappa shape index (κ3) is 3.30. The molecule has 2 unspecified atom stereocenters. The fourth-order valence-corrected chi connectivity index (χ4v) is 3.79. The monoisotopic (exact) mass is 351 g/mol. The SMILES string of the molecule is O=C(O)C1CCN(C(=O)c2cc(Cl)sc2Cl)CC1C(=O)O. The summed E-state index contributed by atoms with van der Waals surface area (Å²) >= 11 is 12.7. The molecule has 6 nitrogen and oxygen atoms in total. The van der Waals surface area contributed by atoms with Crippen LogP contribution >= 0.6 is 34.5 Å². The number of halogens is 2. The quantitative estimate of drug-likeness (QED) is 0.870. The number of carbonyl (C=O) groups excluding carboxylic acids is 1. The van der Waals surface area contributed by atoms with Gasteiger partial charge in [0.1, 0.15) is 4.34 Å². The van der Waals surface area contributed by atoms with Crippen LogP contribution in [-0.2, 0) is 9.59 Å². The minimum absolute atomic E-state index is 0.0908. The van der Waals surface area contributed by atoms with Crippen LogP contribution < -0.4 is 0 Å². The second-order valence-corrected chi connectivity index (χ2v) is 6.95. The summed E-state index contributed by atoms with van der Waals surface area (Å²) in [6.07, 6.45) is 0.0908. The maximum Gasteiger partial charge on any atom is 0.309 e. The number of piperidine rings is 1. The van der Waals surface area contributed by atoms with E-state index in [1.807, 2.05) is 0 Å². The molecule has 1 saturated heterocycles. The summed E-state index contributed by atoms with van der Waals surface area (Å²) in [7, 11) is 0. The molecule has 0 bridgehead atoms. The van der Waals surface area contributed by atoms with Gasteiger partial charge in [-0.15, -0.1) is 11.3 Å². The highest BCUT2D eigenvalue weighted by Crippen LogP contribution is 2.33. The first kappa shape index (κ1) is 16.1. The molecule has 0 aliphatic carbocycles. The van der Waals surface area contributed by atoms with E-state index < -0.39 is 29.7 Å². The normalized spacial score (nSPS) is 22.1. The molecule has 2 atom stereocenters. The third-order valence-corrected chi connectivity index (χ3v) is 4.91. The molecule has 1 aromatic heterocycles. The van der Waals surface area contributed by atoms with E-state index in [0.717, 1.165) is 11.3 Å². The lowest BCUT2D eigenvalue weighted by atomic mass is 9.85. The Morgan fingerprint density at radius 1 is 1.19 bits per heavy atom. The van der Waals surface area contributed by atoms with Crippen LogP contribution in [0, 0.1) is 11.8 Å². The number of thiophene rings is 1. The van der Waals surface area contributed by atoms with E-state index in [0.29, 0.717) is 4.34 Å². The van der Waals surface area contributed by atoms with Gasteiger partial charge < -0.3 is 15.1 Å². The lowest BCUT2D eigenvalue weighted by Crippen LogP contribution is -2.48. The van der Waals surface area contributed by atoms with Gasteiger partial charge in [-0.2, -0.15) is 0 Å². The number of rotatable bonds is 3. The predicted molar refractivity (Wildman–Crippen MR) is 77.1 cm³/mol. The van der Waals surface area contributed by atoms with Crippen LogP contribution in [0.1, 0.15) is 16.8 Å². The van der Waals surface area contributed by atoms with Crippen molar-refractivity contribution in [2.24, 2.45) is 11.8 Å². The second-order valence-electron chi connectivity index (χ2n) is 4.67. The minimum atomic E-state index is -1.23. The zero-order valence-corrected chi connectivity index (χ0v) is 12.9. The van der Waals surface area contributed by atoms with E-state index in [2.05, 4.69) is 0 Å². The number of carboxylic acid groups (broad SMARTS) is 2. The number of hydrogen-bond acceptors (Lipinski definition) is 4. The number of carbonyl (C=O) groups is 3. The first-order chi connectivity index (χ1) is 9.81. The molecule has 2 heterocycles. The lowest BCUT2D eigenvalue weighted by molar-refractivity contribution is -0.156. The fraction of sp³-hybridized carbons (Fsp3) is 0.417. The third-order valence-electron chi connectivity index (χ3n) is 3.42. The Labute approximate surface area is 133 Å². The van der Waals surface area contributed by atoms with E-state index in [4.69, 9.17) is 33.4 Å². The van der Waals surface area contributed by atoms with Gasteiger partial charge in [0.2, 0.25) is 0 Å². The van der Waals surface area contributed by atoms with Gasteiger partial charge in [-0.05, 0) is 12.5 Å². The highest BCUT2D eigenvalue weighted by molar-refractivity contribution is 7.20. The lowest BCUT2D eigenvalue weighted by Gasteiger charge is -2.34. The fourth-order valence-electron chi connectivity index (χ4n) is 2.34. The molecule has 9 heteroatoms. The van der Waals surface area contributed by atoms with Crippen molar-refractivity contribution in [1.29, 1.82) is 0 Å². The van der Waals surface area contributed by atoms with Gasteiger partial charge >= 0.3 is 11.9 Å². The Morgan fingerprint density at radius 3 is 2.29 bits per heavy atom. The summed E-state index contributed by atoms with van der Waals surface area (Å²) in [6, 6.07) is 1.43. The van der Waals surface area contributed by atoms with Crippen molar-refractivity contribution in [2.45, 2.75) is 6.42 Å². The zero-order valence-electron chi connectivity index (χ0n) is 10.6. The molecule has 0 aromatic carbocycles. The smallest absolute Gasteiger partial charge is 0.309 e. The molecule has 114 valence electrons. The Kier molecular flexibility index (Phi) is 4.75. The molecule has 0 radical (unpaired) electrons. The number of aliphatic carboxylic acids is 2. The van der Waals surface area contributed by atoms with Crippen molar-refractivity contribution in [1.82, 2.24) is 4.90 Å². The average molecular weight is 352 g/mol. The molecular formula is C12H11Cl2NO5S. The van der Waals surface area contributed by atoms with Crippen molar-refractivity contribution in [3.05, 3.63) is 20.3 Å². The van der Waals surface area contributed by atoms with Crippen LogP contribution in [0.5, 0.6) is 0 Å².